The Morgan fingerprint density at radius 1 is 1.24 bits per heavy atom. The first-order valence-corrected chi connectivity index (χ1v) is 10.8. The quantitative estimate of drug-likeness (QED) is 0.603. The lowest BCUT2D eigenvalue weighted by Crippen LogP contribution is -2.22. The third kappa shape index (κ3) is 4.55. The predicted molar refractivity (Wildman–Crippen MR) is 86.5 cm³/mol. The van der Waals surface area contributed by atoms with Gasteiger partial charge in [-0.15, -0.1) is 0 Å². The van der Waals surface area contributed by atoms with Crippen LogP contribution in [0.15, 0.2) is 36.8 Å². The summed E-state index contributed by atoms with van der Waals surface area (Å²) < 4.78 is 7.76. The van der Waals surface area contributed by atoms with Crippen molar-refractivity contribution in [3.63, 3.8) is 0 Å². The first kappa shape index (κ1) is 15.5. The van der Waals surface area contributed by atoms with Gasteiger partial charge in [-0.3, -0.25) is 0 Å². The lowest BCUT2D eigenvalue weighted by Gasteiger charge is -2.16. The van der Waals surface area contributed by atoms with Crippen LogP contribution in [0.25, 0.3) is 11.3 Å². The number of imidazole rings is 1. The Morgan fingerprint density at radius 2 is 1.95 bits per heavy atom. The molecular weight excluding hydrogens is 278 g/mol. The number of hydrogen-bond acceptors (Lipinski definition) is 3. The second-order valence-electron chi connectivity index (χ2n) is 6.29. The molecule has 1 heterocycles. The maximum atomic E-state index is 8.84. The van der Waals surface area contributed by atoms with E-state index in [4.69, 9.17) is 10.00 Å². The standard InChI is InChI=1S/C16H21N3OSi/c1-21(2,3)9-8-20-13-19-12-18-11-16(19)15-6-4-14(10-17)5-7-15/h4-7,11-12H,8-9,13H2,1-3H3. The minimum Gasteiger partial charge on any atom is -0.361 e. The maximum absolute atomic E-state index is 8.84. The molecule has 2 rings (SSSR count). The maximum Gasteiger partial charge on any atom is 0.124 e. The van der Waals surface area contributed by atoms with E-state index in [9.17, 15) is 0 Å². The fourth-order valence-corrected chi connectivity index (χ4v) is 2.68. The molecule has 0 aliphatic heterocycles. The van der Waals surface area contributed by atoms with Gasteiger partial charge in [-0.2, -0.15) is 5.26 Å². The average molecular weight is 299 g/mol. The molecule has 0 fully saturated rings. The van der Waals surface area contributed by atoms with Crippen LogP contribution in [0.2, 0.25) is 25.7 Å². The van der Waals surface area contributed by atoms with Gasteiger partial charge in [0, 0.05) is 14.7 Å². The SMILES string of the molecule is C[Si](C)(C)CCOCn1cncc1-c1ccc(C#N)cc1. The number of rotatable bonds is 6. The van der Waals surface area contributed by atoms with E-state index in [1.807, 2.05) is 35.0 Å². The second-order valence-corrected chi connectivity index (χ2v) is 11.9. The molecule has 0 saturated carbocycles. The lowest BCUT2D eigenvalue weighted by molar-refractivity contribution is 0.0882. The zero-order valence-corrected chi connectivity index (χ0v) is 13.8. The van der Waals surface area contributed by atoms with Gasteiger partial charge in [-0.05, 0) is 23.7 Å². The summed E-state index contributed by atoms with van der Waals surface area (Å²) in [4.78, 5) is 4.20. The van der Waals surface area contributed by atoms with Crippen LogP contribution >= 0.6 is 0 Å². The van der Waals surface area contributed by atoms with Crippen molar-refractivity contribution < 1.29 is 4.74 Å². The van der Waals surface area contributed by atoms with Crippen LogP contribution in [0.5, 0.6) is 0 Å². The van der Waals surface area contributed by atoms with Crippen molar-refractivity contribution in [1.29, 1.82) is 5.26 Å². The molecule has 21 heavy (non-hydrogen) atoms. The fourth-order valence-electron chi connectivity index (χ4n) is 1.92. The van der Waals surface area contributed by atoms with Gasteiger partial charge in [0.1, 0.15) is 6.73 Å². The van der Waals surface area contributed by atoms with Crippen molar-refractivity contribution in [3.05, 3.63) is 42.4 Å². The van der Waals surface area contributed by atoms with Crippen molar-refractivity contribution >= 4 is 8.07 Å². The molecule has 0 N–H and O–H groups in total. The third-order valence-corrected chi connectivity index (χ3v) is 4.95. The van der Waals surface area contributed by atoms with Crippen LogP contribution < -0.4 is 0 Å². The van der Waals surface area contributed by atoms with Gasteiger partial charge in [0.05, 0.1) is 29.9 Å². The Labute approximate surface area is 127 Å². The average Bonchev–Trinajstić information content (AvgIpc) is 2.91. The van der Waals surface area contributed by atoms with Crippen molar-refractivity contribution in [3.8, 4) is 17.3 Å². The molecule has 0 atom stereocenters. The molecule has 0 saturated heterocycles. The Hall–Kier alpha value is -1.90. The number of nitriles is 1. The van der Waals surface area contributed by atoms with Crippen molar-refractivity contribution in [2.45, 2.75) is 32.4 Å². The first-order chi connectivity index (χ1) is 9.99. The third-order valence-electron chi connectivity index (χ3n) is 3.25. The molecule has 110 valence electrons. The molecule has 1 aromatic carbocycles. The molecule has 5 heteroatoms. The zero-order valence-electron chi connectivity index (χ0n) is 12.8. The molecule has 0 radical (unpaired) electrons. The van der Waals surface area contributed by atoms with Crippen LogP contribution in [0.1, 0.15) is 5.56 Å². The van der Waals surface area contributed by atoms with Gasteiger partial charge in [0.2, 0.25) is 0 Å². The highest BCUT2D eigenvalue weighted by Crippen LogP contribution is 2.19. The summed E-state index contributed by atoms with van der Waals surface area (Å²) in [6.07, 6.45) is 3.60. The van der Waals surface area contributed by atoms with Crippen LogP contribution in [0.4, 0.5) is 0 Å². The van der Waals surface area contributed by atoms with E-state index in [2.05, 4.69) is 30.7 Å². The Morgan fingerprint density at radius 3 is 2.57 bits per heavy atom. The van der Waals surface area contributed by atoms with E-state index >= 15 is 0 Å². The lowest BCUT2D eigenvalue weighted by atomic mass is 10.1. The number of benzene rings is 1. The summed E-state index contributed by atoms with van der Waals surface area (Å²) in [5, 5.41) is 8.84. The molecule has 1 aromatic heterocycles. The molecule has 2 aromatic rings. The summed E-state index contributed by atoms with van der Waals surface area (Å²) >= 11 is 0. The summed E-state index contributed by atoms with van der Waals surface area (Å²) in [5.74, 6) is 0. The van der Waals surface area contributed by atoms with E-state index < -0.39 is 8.07 Å². The smallest absolute Gasteiger partial charge is 0.124 e. The minimum atomic E-state index is -1.05. The second kappa shape index (κ2) is 6.70. The number of hydrogen-bond donors (Lipinski definition) is 0. The Balaban J connectivity index is 2.00. The largest absolute Gasteiger partial charge is 0.361 e. The topological polar surface area (TPSA) is 50.8 Å². The molecule has 0 unspecified atom stereocenters. The van der Waals surface area contributed by atoms with Gasteiger partial charge < -0.3 is 9.30 Å². The summed E-state index contributed by atoms with van der Waals surface area (Å²) in [5.41, 5.74) is 2.71. The highest BCUT2D eigenvalue weighted by atomic mass is 28.3. The van der Waals surface area contributed by atoms with Gasteiger partial charge in [-0.1, -0.05) is 31.8 Å². The summed E-state index contributed by atoms with van der Waals surface area (Å²) in [7, 11) is -1.05. The van der Waals surface area contributed by atoms with Gasteiger partial charge in [0.15, 0.2) is 0 Å². The van der Waals surface area contributed by atoms with Crippen LogP contribution in [-0.2, 0) is 11.5 Å². The Kier molecular flexibility index (Phi) is 4.94. The van der Waals surface area contributed by atoms with Crippen LogP contribution in [0.3, 0.4) is 0 Å². The van der Waals surface area contributed by atoms with E-state index in [0.29, 0.717) is 12.3 Å². The van der Waals surface area contributed by atoms with Crippen molar-refractivity contribution in [2.24, 2.45) is 0 Å². The van der Waals surface area contributed by atoms with Gasteiger partial charge in [-0.25, -0.2) is 4.98 Å². The van der Waals surface area contributed by atoms with Crippen molar-refractivity contribution in [1.82, 2.24) is 9.55 Å². The van der Waals surface area contributed by atoms with E-state index in [1.54, 1.807) is 6.33 Å². The normalized spacial score (nSPS) is 11.3. The number of ether oxygens (including phenoxy) is 1. The summed E-state index contributed by atoms with van der Waals surface area (Å²) in [6.45, 7) is 8.34. The first-order valence-electron chi connectivity index (χ1n) is 7.08. The number of nitrogens with zero attached hydrogens (tertiary/aromatic N) is 3. The molecular formula is C16H21N3OSi. The van der Waals surface area contributed by atoms with E-state index in [0.717, 1.165) is 23.9 Å². The fraction of sp³-hybridized carbons (Fsp3) is 0.375. The molecule has 0 aliphatic rings. The van der Waals surface area contributed by atoms with Gasteiger partial charge >= 0.3 is 0 Å². The van der Waals surface area contributed by atoms with Crippen LogP contribution in [0, 0.1) is 11.3 Å². The minimum absolute atomic E-state index is 0.514. The molecule has 0 spiro atoms. The molecule has 0 amide bonds. The predicted octanol–water partition coefficient (Wildman–Crippen LogP) is 3.73. The highest BCUT2D eigenvalue weighted by Gasteiger charge is 2.12. The van der Waals surface area contributed by atoms with Crippen LogP contribution in [-0.4, -0.2) is 24.2 Å². The highest BCUT2D eigenvalue weighted by molar-refractivity contribution is 6.76. The summed E-state index contributed by atoms with van der Waals surface area (Å²) in [6, 6.07) is 10.8. The number of aromatic nitrogens is 2. The molecule has 0 aliphatic carbocycles. The zero-order chi connectivity index (χ0) is 15.3. The van der Waals surface area contributed by atoms with E-state index in [-0.39, 0.29) is 0 Å². The van der Waals surface area contributed by atoms with Gasteiger partial charge in [0.25, 0.3) is 0 Å². The molecule has 0 bridgehead atoms. The monoisotopic (exact) mass is 299 g/mol. The van der Waals surface area contributed by atoms with E-state index in [1.165, 1.54) is 0 Å². The van der Waals surface area contributed by atoms with Crippen molar-refractivity contribution in [2.75, 3.05) is 6.61 Å². The Bertz CT molecular complexity index is 620. The molecule has 4 nitrogen and oxygen atoms in total.